The van der Waals surface area contributed by atoms with Crippen LogP contribution in [0.4, 0.5) is 0 Å². The number of piperidine rings is 1. The number of nitrogens with zero attached hydrogens (tertiary/aromatic N) is 1. The lowest BCUT2D eigenvalue weighted by atomic mass is 10.1. The lowest BCUT2D eigenvalue weighted by Crippen LogP contribution is -2.46. The van der Waals surface area contributed by atoms with E-state index in [4.69, 9.17) is 5.84 Å². The lowest BCUT2D eigenvalue weighted by Gasteiger charge is -2.29. The molecule has 1 aliphatic heterocycles. The molecular weight excluding hydrogens is 178 g/mol. The first-order valence-corrected chi connectivity index (χ1v) is 5.80. The second-order valence-corrected chi connectivity index (χ2v) is 5.09. The number of hydrogen-bond acceptors (Lipinski definition) is 4. The van der Waals surface area contributed by atoms with E-state index in [9.17, 15) is 8.42 Å². The predicted octanol–water partition coefficient (Wildman–Crippen LogP) is -1.13. The molecule has 0 aromatic heterocycles. The van der Waals surface area contributed by atoms with Gasteiger partial charge in [-0.2, -0.15) is 0 Å². The molecule has 0 spiro atoms. The molecule has 0 bridgehead atoms. The van der Waals surface area contributed by atoms with Gasteiger partial charge in [0, 0.05) is 19.1 Å². The fraction of sp³-hybridized carbons (Fsp3) is 1.00. The van der Waals surface area contributed by atoms with Crippen LogP contribution in [0.5, 0.6) is 0 Å². The van der Waals surface area contributed by atoms with Crippen LogP contribution in [0.25, 0.3) is 0 Å². The predicted molar refractivity (Wildman–Crippen MR) is 46.8 cm³/mol. The van der Waals surface area contributed by atoms with Gasteiger partial charge in [-0.15, -0.1) is 0 Å². The Hall–Kier alpha value is -0.170. The van der Waals surface area contributed by atoms with Crippen molar-refractivity contribution in [1.29, 1.82) is 0 Å². The van der Waals surface area contributed by atoms with E-state index in [2.05, 4.69) is 5.43 Å². The summed E-state index contributed by atoms with van der Waals surface area (Å²) >= 11 is 0. The highest BCUT2D eigenvalue weighted by Crippen LogP contribution is 2.11. The summed E-state index contributed by atoms with van der Waals surface area (Å²) in [5, 5.41) is 0. The van der Waals surface area contributed by atoms with Crippen LogP contribution in [0.2, 0.25) is 0 Å². The van der Waals surface area contributed by atoms with Gasteiger partial charge < -0.3 is 0 Å². The Bertz CT molecular complexity index is 231. The molecular formula is C6H15N3O2S. The third-order valence-corrected chi connectivity index (χ3v) is 3.46. The molecule has 0 unspecified atom stereocenters. The zero-order valence-electron chi connectivity index (χ0n) is 7.16. The molecule has 12 heavy (non-hydrogen) atoms. The first-order valence-electron chi connectivity index (χ1n) is 3.95. The highest BCUT2D eigenvalue weighted by molar-refractivity contribution is 7.88. The van der Waals surface area contributed by atoms with E-state index in [0.717, 1.165) is 12.8 Å². The van der Waals surface area contributed by atoms with Crippen molar-refractivity contribution in [3.63, 3.8) is 0 Å². The van der Waals surface area contributed by atoms with Gasteiger partial charge in [0.1, 0.15) is 0 Å². The SMILES string of the molecule is CS(=O)(=O)N1CCC(NN)CC1. The van der Waals surface area contributed by atoms with E-state index >= 15 is 0 Å². The van der Waals surface area contributed by atoms with Crippen molar-refractivity contribution >= 4 is 10.0 Å². The van der Waals surface area contributed by atoms with Crippen LogP contribution < -0.4 is 11.3 Å². The van der Waals surface area contributed by atoms with Crippen LogP contribution >= 0.6 is 0 Å². The van der Waals surface area contributed by atoms with Crippen LogP contribution in [0, 0.1) is 0 Å². The van der Waals surface area contributed by atoms with Gasteiger partial charge >= 0.3 is 0 Å². The van der Waals surface area contributed by atoms with Gasteiger partial charge in [-0.1, -0.05) is 0 Å². The van der Waals surface area contributed by atoms with Gasteiger partial charge in [0.25, 0.3) is 0 Å². The van der Waals surface area contributed by atoms with Crippen LogP contribution in [0.1, 0.15) is 12.8 Å². The van der Waals surface area contributed by atoms with E-state index in [-0.39, 0.29) is 6.04 Å². The summed E-state index contributed by atoms with van der Waals surface area (Å²) in [6.07, 6.45) is 2.83. The third-order valence-electron chi connectivity index (χ3n) is 2.16. The first-order chi connectivity index (χ1) is 5.54. The molecule has 0 aromatic carbocycles. The maximum atomic E-state index is 11.1. The van der Waals surface area contributed by atoms with Crippen molar-refractivity contribution in [3.05, 3.63) is 0 Å². The minimum absolute atomic E-state index is 0.267. The summed E-state index contributed by atoms with van der Waals surface area (Å²) in [5.41, 5.74) is 2.65. The molecule has 3 N–H and O–H groups in total. The van der Waals surface area contributed by atoms with Crippen molar-refractivity contribution < 1.29 is 8.42 Å². The number of hydrogen-bond donors (Lipinski definition) is 2. The maximum Gasteiger partial charge on any atom is 0.211 e. The number of rotatable bonds is 2. The molecule has 1 fully saturated rings. The number of sulfonamides is 1. The van der Waals surface area contributed by atoms with Crippen molar-refractivity contribution in [3.8, 4) is 0 Å². The molecule has 1 saturated heterocycles. The third kappa shape index (κ3) is 2.41. The van der Waals surface area contributed by atoms with Gasteiger partial charge in [-0.25, -0.2) is 12.7 Å². The van der Waals surface area contributed by atoms with Crippen molar-refractivity contribution in [2.45, 2.75) is 18.9 Å². The number of nitrogens with one attached hydrogen (secondary N) is 1. The normalized spacial score (nSPS) is 22.8. The summed E-state index contributed by atoms with van der Waals surface area (Å²) in [6.45, 7) is 1.15. The van der Waals surface area contributed by atoms with E-state index < -0.39 is 10.0 Å². The molecule has 0 aromatic rings. The highest BCUT2D eigenvalue weighted by atomic mass is 32.2. The summed E-state index contributed by atoms with van der Waals surface area (Å²) in [4.78, 5) is 0. The Balaban J connectivity index is 2.47. The van der Waals surface area contributed by atoms with Crippen LogP contribution in [-0.4, -0.2) is 38.1 Å². The maximum absolute atomic E-state index is 11.1. The van der Waals surface area contributed by atoms with Gasteiger partial charge in [-0.3, -0.25) is 11.3 Å². The zero-order valence-corrected chi connectivity index (χ0v) is 7.97. The molecule has 0 amide bonds. The van der Waals surface area contributed by atoms with E-state index in [1.165, 1.54) is 10.6 Å². The Kier molecular flexibility index (Phi) is 3.05. The molecule has 0 radical (unpaired) electrons. The monoisotopic (exact) mass is 193 g/mol. The van der Waals surface area contributed by atoms with E-state index in [1.54, 1.807) is 0 Å². The topological polar surface area (TPSA) is 75.4 Å². The lowest BCUT2D eigenvalue weighted by molar-refractivity contribution is 0.293. The van der Waals surface area contributed by atoms with Gasteiger partial charge in [0.05, 0.1) is 6.26 Å². The standard InChI is InChI=1S/C6H15N3O2S/c1-12(10,11)9-4-2-6(8-7)3-5-9/h6,8H,2-5,7H2,1H3. The fourth-order valence-corrected chi connectivity index (χ4v) is 2.23. The molecule has 1 heterocycles. The summed E-state index contributed by atoms with van der Waals surface area (Å²) in [6, 6.07) is 0.267. The Morgan fingerprint density at radius 2 is 1.92 bits per heavy atom. The summed E-state index contributed by atoms with van der Waals surface area (Å²) in [5.74, 6) is 5.24. The second kappa shape index (κ2) is 3.69. The fourth-order valence-electron chi connectivity index (χ4n) is 1.35. The van der Waals surface area contributed by atoms with Gasteiger partial charge in [0.2, 0.25) is 10.0 Å². The highest BCUT2D eigenvalue weighted by Gasteiger charge is 2.23. The second-order valence-electron chi connectivity index (χ2n) is 3.10. The average molecular weight is 193 g/mol. The minimum atomic E-state index is -2.99. The van der Waals surface area contributed by atoms with Crippen LogP contribution in [-0.2, 0) is 10.0 Å². The number of hydrazine groups is 1. The van der Waals surface area contributed by atoms with Crippen molar-refractivity contribution in [1.82, 2.24) is 9.73 Å². The van der Waals surface area contributed by atoms with Crippen molar-refractivity contribution in [2.75, 3.05) is 19.3 Å². The Labute approximate surface area is 72.9 Å². The minimum Gasteiger partial charge on any atom is -0.271 e. The Morgan fingerprint density at radius 1 is 1.42 bits per heavy atom. The average Bonchev–Trinajstić information content (AvgIpc) is 2.03. The Morgan fingerprint density at radius 3 is 2.25 bits per heavy atom. The van der Waals surface area contributed by atoms with E-state index in [1.807, 2.05) is 0 Å². The van der Waals surface area contributed by atoms with E-state index in [0.29, 0.717) is 13.1 Å². The van der Waals surface area contributed by atoms with Crippen molar-refractivity contribution in [2.24, 2.45) is 5.84 Å². The molecule has 72 valence electrons. The molecule has 5 nitrogen and oxygen atoms in total. The first kappa shape index (κ1) is 9.91. The molecule has 6 heteroatoms. The van der Waals surface area contributed by atoms with Gasteiger partial charge in [0.15, 0.2) is 0 Å². The number of nitrogens with two attached hydrogens (primary N) is 1. The smallest absolute Gasteiger partial charge is 0.211 e. The largest absolute Gasteiger partial charge is 0.271 e. The molecule has 0 atom stereocenters. The molecule has 1 rings (SSSR count). The summed E-state index contributed by atoms with van der Waals surface area (Å²) < 4.78 is 23.6. The molecule has 1 aliphatic rings. The molecule has 0 aliphatic carbocycles. The van der Waals surface area contributed by atoms with Crippen LogP contribution in [0.3, 0.4) is 0 Å². The zero-order chi connectivity index (χ0) is 9.19. The quantitative estimate of drug-likeness (QED) is 0.430. The van der Waals surface area contributed by atoms with Crippen LogP contribution in [0.15, 0.2) is 0 Å². The van der Waals surface area contributed by atoms with Gasteiger partial charge in [-0.05, 0) is 12.8 Å². The molecule has 0 saturated carbocycles. The summed E-state index contributed by atoms with van der Waals surface area (Å²) in [7, 11) is -2.99.